The molecule has 0 unspecified atom stereocenters. The van der Waals surface area contributed by atoms with Crippen LogP contribution in [0.25, 0.3) is 0 Å². The first-order valence-electron chi connectivity index (χ1n) is 3.50. The molecule has 0 aromatic heterocycles. The lowest BCUT2D eigenvalue weighted by Gasteiger charge is -2.08. The van der Waals surface area contributed by atoms with E-state index in [1.54, 1.807) is 6.07 Å². The lowest BCUT2D eigenvalue weighted by molar-refractivity contribution is -0.0731. The van der Waals surface area contributed by atoms with E-state index in [1.165, 1.54) is 19.2 Å². The second-order valence-electron chi connectivity index (χ2n) is 2.64. The van der Waals surface area contributed by atoms with Gasteiger partial charge in [-0.2, -0.15) is 5.06 Å². The zero-order valence-electron chi connectivity index (χ0n) is 6.73. The van der Waals surface area contributed by atoms with Crippen molar-refractivity contribution in [3.05, 3.63) is 23.8 Å². The molecule has 4 heteroatoms. The van der Waals surface area contributed by atoms with Crippen LogP contribution >= 0.6 is 0 Å². The SMILES string of the molecule is CN(O)Cc1ccc(O)c(O)c1. The predicted octanol–water partition coefficient (Wildman–Crippen LogP) is 0.919. The van der Waals surface area contributed by atoms with Gasteiger partial charge in [-0.25, -0.2) is 0 Å². The van der Waals surface area contributed by atoms with Gasteiger partial charge in [-0.3, -0.25) is 0 Å². The number of hydrogen-bond acceptors (Lipinski definition) is 4. The van der Waals surface area contributed by atoms with E-state index in [1.807, 2.05) is 0 Å². The minimum atomic E-state index is -0.172. The molecular weight excluding hydrogens is 158 g/mol. The molecule has 0 atom stereocenters. The molecule has 0 saturated carbocycles. The van der Waals surface area contributed by atoms with Crippen molar-refractivity contribution >= 4 is 0 Å². The normalized spacial score (nSPS) is 10.6. The van der Waals surface area contributed by atoms with Crippen molar-refractivity contribution in [3.63, 3.8) is 0 Å². The van der Waals surface area contributed by atoms with Gasteiger partial charge in [0.05, 0.1) is 0 Å². The van der Waals surface area contributed by atoms with E-state index < -0.39 is 0 Å². The molecule has 0 bridgehead atoms. The second-order valence-corrected chi connectivity index (χ2v) is 2.64. The fourth-order valence-corrected chi connectivity index (χ4v) is 0.932. The first-order chi connectivity index (χ1) is 5.59. The van der Waals surface area contributed by atoms with Crippen LogP contribution < -0.4 is 0 Å². The zero-order chi connectivity index (χ0) is 9.14. The molecule has 1 rings (SSSR count). The summed E-state index contributed by atoms with van der Waals surface area (Å²) in [6, 6.07) is 4.41. The molecule has 1 aromatic rings. The second kappa shape index (κ2) is 3.42. The maximum Gasteiger partial charge on any atom is 0.157 e. The van der Waals surface area contributed by atoms with Crippen LogP contribution in [0.15, 0.2) is 18.2 Å². The summed E-state index contributed by atoms with van der Waals surface area (Å²) in [5.41, 5.74) is 0.732. The molecule has 66 valence electrons. The highest BCUT2D eigenvalue weighted by molar-refractivity contribution is 5.40. The molecule has 0 aliphatic heterocycles. The Balaban J connectivity index is 2.82. The van der Waals surface area contributed by atoms with Gasteiger partial charge < -0.3 is 15.4 Å². The highest BCUT2D eigenvalue weighted by Gasteiger charge is 2.01. The summed E-state index contributed by atoms with van der Waals surface area (Å²) in [7, 11) is 1.50. The molecule has 0 aliphatic carbocycles. The third kappa shape index (κ3) is 2.11. The summed E-state index contributed by atoms with van der Waals surface area (Å²) >= 11 is 0. The Hall–Kier alpha value is -1.26. The monoisotopic (exact) mass is 169 g/mol. The van der Waals surface area contributed by atoms with Gasteiger partial charge in [0.1, 0.15) is 0 Å². The number of hydroxylamine groups is 2. The van der Waals surface area contributed by atoms with Gasteiger partial charge >= 0.3 is 0 Å². The molecule has 4 nitrogen and oxygen atoms in total. The van der Waals surface area contributed by atoms with E-state index >= 15 is 0 Å². The Kier molecular flexibility index (Phi) is 2.52. The summed E-state index contributed by atoms with van der Waals surface area (Å²) in [5, 5.41) is 27.9. The van der Waals surface area contributed by atoms with Crippen LogP contribution in [0.3, 0.4) is 0 Å². The quantitative estimate of drug-likeness (QED) is 0.455. The van der Waals surface area contributed by atoms with E-state index in [-0.39, 0.29) is 11.5 Å². The molecular formula is C8H11NO3. The first-order valence-corrected chi connectivity index (χ1v) is 3.50. The molecule has 0 saturated heterocycles. The molecule has 1 aromatic carbocycles. The van der Waals surface area contributed by atoms with Crippen molar-refractivity contribution in [2.45, 2.75) is 6.54 Å². The van der Waals surface area contributed by atoms with Crippen molar-refractivity contribution in [1.29, 1.82) is 0 Å². The summed E-state index contributed by atoms with van der Waals surface area (Å²) in [4.78, 5) is 0. The third-order valence-corrected chi connectivity index (χ3v) is 1.45. The van der Waals surface area contributed by atoms with Crippen molar-refractivity contribution in [1.82, 2.24) is 5.06 Å². The fraction of sp³-hybridized carbons (Fsp3) is 0.250. The smallest absolute Gasteiger partial charge is 0.157 e. The summed E-state index contributed by atoms with van der Waals surface area (Å²) < 4.78 is 0. The standard InChI is InChI=1S/C8H11NO3/c1-9(12)5-6-2-3-7(10)8(11)4-6/h2-4,10-12H,5H2,1H3. The highest BCUT2D eigenvalue weighted by atomic mass is 16.5. The Labute approximate surface area is 70.3 Å². The number of benzene rings is 1. The number of phenolic OH excluding ortho intramolecular Hbond substituents is 2. The Morgan fingerprint density at radius 2 is 1.92 bits per heavy atom. The average Bonchev–Trinajstić information content (AvgIpc) is 1.96. The van der Waals surface area contributed by atoms with Crippen molar-refractivity contribution in [2.24, 2.45) is 0 Å². The number of hydrogen-bond donors (Lipinski definition) is 3. The fourth-order valence-electron chi connectivity index (χ4n) is 0.932. The van der Waals surface area contributed by atoms with E-state index in [0.717, 1.165) is 10.6 Å². The number of rotatable bonds is 2. The Morgan fingerprint density at radius 1 is 1.25 bits per heavy atom. The lowest BCUT2D eigenvalue weighted by Crippen LogP contribution is -2.11. The van der Waals surface area contributed by atoms with Gasteiger partial charge in [0.2, 0.25) is 0 Å². The van der Waals surface area contributed by atoms with Gasteiger partial charge in [0.15, 0.2) is 11.5 Å². The molecule has 0 radical (unpaired) electrons. The van der Waals surface area contributed by atoms with Crippen molar-refractivity contribution in [2.75, 3.05) is 7.05 Å². The molecule has 12 heavy (non-hydrogen) atoms. The van der Waals surface area contributed by atoms with Gasteiger partial charge in [-0.05, 0) is 17.7 Å². The van der Waals surface area contributed by atoms with Crippen molar-refractivity contribution < 1.29 is 15.4 Å². The number of nitrogens with zero attached hydrogens (tertiary/aromatic N) is 1. The first kappa shape index (κ1) is 8.83. The topological polar surface area (TPSA) is 63.9 Å². The maximum absolute atomic E-state index is 9.06. The van der Waals surface area contributed by atoms with Crippen LogP contribution in [0.1, 0.15) is 5.56 Å². The predicted molar refractivity (Wildman–Crippen MR) is 43.0 cm³/mol. The van der Waals surface area contributed by atoms with Gasteiger partial charge in [0, 0.05) is 13.6 Å². The molecule has 0 amide bonds. The maximum atomic E-state index is 9.06. The summed E-state index contributed by atoms with van der Waals surface area (Å²) in [6.45, 7) is 0.313. The van der Waals surface area contributed by atoms with E-state index in [0.29, 0.717) is 6.54 Å². The minimum Gasteiger partial charge on any atom is -0.504 e. The van der Waals surface area contributed by atoms with Crippen LogP contribution in [0.2, 0.25) is 0 Å². The van der Waals surface area contributed by atoms with Crippen LogP contribution in [0.5, 0.6) is 11.5 Å². The van der Waals surface area contributed by atoms with Gasteiger partial charge in [0.25, 0.3) is 0 Å². The Bertz CT molecular complexity index is 273. The molecule has 3 N–H and O–H groups in total. The number of phenols is 2. The minimum absolute atomic E-state index is 0.153. The molecule has 0 fully saturated rings. The van der Waals surface area contributed by atoms with E-state index in [9.17, 15) is 0 Å². The Morgan fingerprint density at radius 3 is 2.42 bits per heavy atom. The largest absolute Gasteiger partial charge is 0.504 e. The lowest BCUT2D eigenvalue weighted by atomic mass is 10.2. The molecule has 0 spiro atoms. The zero-order valence-corrected chi connectivity index (χ0v) is 6.73. The van der Waals surface area contributed by atoms with Crippen LogP contribution in [-0.4, -0.2) is 27.5 Å². The molecule has 0 heterocycles. The number of aromatic hydroxyl groups is 2. The van der Waals surface area contributed by atoms with Gasteiger partial charge in [-0.1, -0.05) is 6.07 Å². The van der Waals surface area contributed by atoms with E-state index in [4.69, 9.17) is 15.4 Å². The third-order valence-electron chi connectivity index (χ3n) is 1.45. The summed E-state index contributed by atoms with van der Waals surface area (Å²) in [6.07, 6.45) is 0. The van der Waals surface area contributed by atoms with Crippen LogP contribution in [-0.2, 0) is 6.54 Å². The van der Waals surface area contributed by atoms with Crippen molar-refractivity contribution in [3.8, 4) is 11.5 Å². The summed E-state index contributed by atoms with van der Waals surface area (Å²) in [5.74, 6) is -0.325. The molecule has 0 aliphatic rings. The van der Waals surface area contributed by atoms with E-state index in [2.05, 4.69) is 0 Å². The van der Waals surface area contributed by atoms with Crippen LogP contribution in [0.4, 0.5) is 0 Å². The van der Waals surface area contributed by atoms with Gasteiger partial charge in [-0.15, -0.1) is 0 Å². The average molecular weight is 169 g/mol. The van der Waals surface area contributed by atoms with Crippen LogP contribution in [0, 0.1) is 0 Å². The highest BCUT2D eigenvalue weighted by Crippen LogP contribution is 2.24.